The van der Waals surface area contributed by atoms with Crippen molar-refractivity contribution < 1.29 is 9.21 Å². The largest absolute Gasteiger partial charge is 0.466 e. The van der Waals surface area contributed by atoms with E-state index in [1.54, 1.807) is 0 Å². The van der Waals surface area contributed by atoms with Crippen LogP contribution < -0.4 is 10.6 Å². The third kappa shape index (κ3) is 3.34. The zero-order chi connectivity index (χ0) is 20.7. The molecule has 3 N–H and O–H groups in total. The lowest BCUT2D eigenvalue weighted by atomic mass is 10.1. The second-order valence-corrected chi connectivity index (χ2v) is 7.41. The molecule has 1 aliphatic carbocycles. The van der Waals surface area contributed by atoms with E-state index in [1.165, 1.54) is 0 Å². The van der Waals surface area contributed by atoms with E-state index in [0.29, 0.717) is 18.0 Å². The van der Waals surface area contributed by atoms with Gasteiger partial charge in [0.2, 0.25) is 0 Å². The Morgan fingerprint density at radius 2 is 2.07 bits per heavy atom. The van der Waals surface area contributed by atoms with Crippen LogP contribution in [0, 0.1) is 13.8 Å². The molecule has 5 rings (SSSR count). The Kier molecular flexibility index (Phi) is 4.35. The molecule has 1 aliphatic heterocycles. The smallest absolute Gasteiger partial charge is 0.251 e. The van der Waals surface area contributed by atoms with E-state index in [0.717, 1.165) is 39.4 Å². The Hall–Kier alpha value is -3.87. The molecule has 150 valence electrons. The topological polar surface area (TPSA) is 95.3 Å². The SMILES string of the molecule is Cc1cc(CNC(=O)C2=CC3C=C(C=C2)NC(c2n[nH]c4ccccc24)=N3)c(C)o1. The van der Waals surface area contributed by atoms with Crippen LogP contribution in [-0.2, 0) is 11.3 Å². The van der Waals surface area contributed by atoms with Crippen LogP contribution in [0.2, 0.25) is 0 Å². The Morgan fingerprint density at radius 1 is 1.20 bits per heavy atom. The molecule has 7 nitrogen and oxygen atoms in total. The number of amides is 1. The van der Waals surface area contributed by atoms with Crippen LogP contribution in [0.3, 0.4) is 0 Å². The Bertz CT molecular complexity index is 1270. The highest BCUT2D eigenvalue weighted by Crippen LogP contribution is 2.21. The quantitative estimate of drug-likeness (QED) is 0.628. The number of aromatic nitrogens is 2. The van der Waals surface area contributed by atoms with Crippen molar-refractivity contribution in [2.24, 2.45) is 4.99 Å². The maximum Gasteiger partial charge on any atom is 0.251 e. The van der Waals surface area contributed by atoms with Crippen molar-refractivity contribution in [3.63, 3.8) is 0 Å². The Balaban J connectivity index is 1.37. The van der Waals surface area contributed by atoms with Gasteiger partial charge in [-0.25, -0.2) is 0 Å². The van der Waals surface area contributed by atoms with Gasteiger partial charge in [-0.15, -0.1) is 0 Å². The lowest BCUT2D eigenvalue weighted by molar-refractivity contribution is -0.117. The van der Waals surface area contributed by atoms with Crippen LogP contribution >= 0.6 is 0 Å². The third-order valence-corrected chi connectivity index (χ3v) is 5.22. The van der Waals surface area contributed by atoms with E-state index in [4.69, 9.17) is 9.41 Å². The van der Waals surface area contributed by atoms with Gasteiger partial charge in [0.05, 0.1) is 11.6 Å². The fraction of sp³-hybridized carbons (Fsp3) is 0.174. The first kappa shape index (κ1) is 18.2. The predicted octanol–water partition coefficient (Wildman–Crippen LogP) is 3.19. The summed E-state index contributed by atoms with van der Waals surface area (Å²) in [6.45, 7) is 4.21. The number of nitrogens with zero attached hydrogens (tertiary/aromatic N) is 2. The minimum absolute atomic E-state index is 0.145. The van der Waals surface area contributed by atoms with E-state index >= 15 is 0 Å². The number of aliphatic imine (C=N–C) groups is 1. The molecule has 0 spiro atoms. The van der Waals surface area contributed by atoms with Gasteiger partial charge in [0.25, 0.3) is 5.91 Å². The first-order valence-corrected chi connectivity index (χ1v) is 9.81. The molecule has 3 heterocycles. The first-order chi connectivity index (χ1) is 14.6. The average Bonchev–Trinajstić information content (AvgIpc) is 3.27. The molecule has 7 heteroatoms. The molecule has 0 fully saturated rings. The van der Waals surface area contributed by atoms with Crippen molar-refractivity contribution in [2.45, 2.75) is 26.4 Å². The summed E-state index contributed by atoms with van der Waals surface area (Å²) in [7, 11) is 0. The number of allylic oxidation sites excluding steroid dienone is 1. The van der Waals surface area contributed by atoms with Crippen LogP contribution in [-0.4, -0.2) is 28.0 Å². The first-order valence-electron chi connectivity index (χ1n) is 9.81. The summed E-state index contributed by atoms with van der Waals surface area (Å²) in [6, 6.07) is 9.62. The summed E-state index contributed by atoms with van der Waals surface area (Å²) >= 11 is 0. The second kappa shape index (κ2) is 7.18. The van der Waals surface area contributed by atoms with Crippen LogP contribution in [0.25, 0.3) is 10.9 Å². The van der Waals surface area contributed by atoms with Crippen LogP contribution in [0.4, 0.5) is 0 Å². The van der Waals surface area contributed by atoms with Gasteiger partial charge in [-0.2, -0.15) is 5.10 Å². The van der Waals surface area contributed by atoms with Gasteiger partial charge in [0, 0.05) is 28.8 Å². The van der Waals surface area contributed by atoms with Crippen LogP contribution in [0.5, 0.6) is 0 Å². The molecule has 1 amide bonds. The highest BCUT2D eigenvalue weighted by molar-refractivity contribution is 6.09. The monoisotopic (exact) mass is 399 g/mol. The van der Waals surface area contributed by atoms with E-state index in [-0.39, 0.29) is 11.9 Å². The minimum atomic E-state index is -0.250. The summed E-state index contributed by atoms with van der Waals surface area (Å²) < 4.78 is 5.52. The molecular weight excluding hydrogens is 378 g/mol. The zero-order valence-corrected chi connectivity index (χ0v) is 16.7. The van der Waals surface area contributed by atoms with Crippen molar-refractivity contribution in [1.29, 1.82) is 0 Å². The van der Waals surface area contributed by atoms with Crippen molar-refractivity contribution in [3.05, 3.63) is 88.7 Å². The van der Waals surface area contributed by atoms with Gasteiger partial charge in [-0.05, 0) is 50.3 Å². The summed E-state index contributed by atoms with van der Waals surface area (Å²) in [4.78, 5) is 17.5. The number of hydrogen-bond donors (Lipinski definition) is 3. The number of carbonyl (C=O) groups excluding carboxylic acids is 1. The summed E-state index contributed by atoms with van der Waals surface area (Å²) in [5.74, 6) is 2.20. The number of hydrogen-bond acceptors (Lipinski definition) is 5. The van der Waals surface area contributed by atoms with Gasteiger partial charge < -0.3 is 15.1 Å². The lowest BCUT2D eigenvalue weighted by Crippen LogP contribution is -2.29. The molecule has 2 aliphatic rings. The van der Waals surface area contributed by atoms with Gasteiger partial charge in [-0.1, -0.05) is 18.2 Å². The normalized spacial score (nSPS) is 17.7. The predicted molar refractivity (Wildman–Crippen MR) is 115 cm³/mol. The van der Waals surface area contributed by atoms with Crippen molar-refractivity contribution >= 4 is 22.6 Å². The molecule has 1 unspecified atom stereocenters. The summed E-state index contributed by atoms with van der Waals surface area (Å²) in [5.41, 5.74) is 4.16. The Morgan fingerprint density at radius 3 is 2.90 bits per heavy atom. The number of carbonyl (C=O) groups is 1. The molecule has 2 bridgehead atoms. The number of para-hydroxylation sites is 1. The highest BCUT2D eigenvalue weighted by atomic mass is 16.3. The number of nitrogens with one attached hydrogen (secondary N) is 3. The average molecular weight is 399 g/mol. The summed E-state index contributed by atoms with van der Waals surface area (Å²) in [6.07, 6.45) is 7.55. The Labute approximate surface area is 173 Å². The maximum absolute atomic E-state index is 12.7. The van der Waals surface area contributed by atoms with Gasteiger partial charge in [0.15, 0.2) is 5.84 Å². The highest BCUT2D eigenvalue weighted by Gasteiger charge is 2.21. The number of fused-ring (bicyclic) bond motifs is 2. The maximum atomic E-state index is 12.7. The fourth-order valence-corrected chi connectivity index (χ4v) is 3.73. The van der Waals surface area contributed by atoms with Crippen LogP contribution in [0.15, 0.2) is 75.3 Å². The van der Waals surface area contributed by atoms with E-state index < -0.39 is 0 Å². The molecule has 0 saturated heterocycles. The molecule has 2 aromatic heterocycles. The van der Waals surface area contributed by atoms with E-state index in [2.05, 4.69) is 20.8 Å². The van der Waals surface area contributed by atoms with Crippen molar-refractivity contribution in [1.82, 2.24) is 20.8 Å². The number of H-pyrrole nitrogens is 1. The number of furan rings is 1. The van der Waals surface area contributed by atoms with E-state index in [9.17, 15) is 4.79 Å². The van der Waals surface area contributed by atoms with E-state index in [1.807, 2.05) is 68.5 Å². The molecule has 30 heavy (non-hydrogen) atoms. The lowest BCUT2D eigenvalue weighted by Gasteiger charge is -2.17. The second-order valence-electron chi connectivity index (χ2n) is 7.41. The number of rotatable bonds is 4. The summed E-state index contributed by atoms with van der Waals surface area (Å²) in [5, 5.41) is 14.7. The van der Waals surface area contributed by atoms with Gasteiger partial charge >= 0.3 is 0 Å². The van der Waals surface area contributed by atoms with Crippen molar-refractivity contribution in [3.8, 4) is 0 Å². The molecule has 3 aromatic rings. The number of aryl methyl sites for hydroxylation is 2. The standard InChI is InChI=1S/C23H21N5O2/c1-13-9-16(14(2)30-13)12-24-23(29)15-7-8-17-11-18(10-15)26-22(25-17)21-19-5-3-4-6-20(19)27-28-21/h3-11,18H,12H2,1-2H3,(H,24,29)(H,25,26)(H,27,28). The third-order valence-electron chi connectivity index (χ3n) is 5.22. The molecule has 1 aromatic carbocycles. The van der Waals surface area contributed by atoms with Gasteiger partial charge in [0.1, 0.15) is 17.2 Å². The molecular formula is C23H21N5O2. The number of amidine groups is 1. The minimum Gasteiger partial charge on any atom is -0.466 e. The molecule has 0 saturated carbocycles. The van der Waals surface area contributed by atoms with Crippen LogP contribution in [0.1, 0.15) is 22.8 Å². The zero-order valence-electron chi connectivity index (χ0n) is 16.7. The number of benzene rings is 1. The fourth-order valence-electron chi connectivity index (χ4n) is 3.73. The van der Waals surface area contributed by atoms with Gasteiger partial charge in [-0.3, -0.25) is 14.9 Å². The number of aromatic amines is 1. The molecule has 1 atom stereocenters. The van der Waals surface area contributed by atoms with Crippen molar-refractivity contribution in [2.75, 3.05) is 0 Å². The molecule has 0 radical (unpaired) electrons.